The van der Waals surface area contributed by atoms with Crippen LogP contribution in [0.1, 0.15) is 11.1 Å². The number of nitriles is 1. The molecule has 0 aliphatic heterocycles. The number of H-pyrrole nitrogens is 1. The summed E-state index contributed by atoms with van der Waals surface area (Å²) in [6.45, 7) is 0. The van der Waals surface area contributed by atoms with Crippen LogP contribution in [0.5, 0.6) is 0 Å². The predicted molar refractivity (Wildman–Crippen MR) is 92.6 cm³/mol. The summed E-state index contributed by atoms with van der Waals surface area (Å²) in [6.07, 6.45) is 3.54. The molecule has 3 rings (SSSR count). The van der Waals surface area contributed by atoms with E-state index in [1.54, 1.807) is 18.2 Å². The number of non-ortho nitro benzene ring substituents is 1. The molecule has 0 bridgehead atoms. The Morgan fingerprint density at radius 1 is 1.30 bits per heavy atom. The first-order valence-electron chi connectivity index (χ1n) is 6.72. The molecular formula is C17H10BrN3O2. The fourth-order valence-corrected chi connectivity index (χ4v) is 2.72. The van der Waals surface area contributed by atoms with Gasteiger partial charge in [0.2, 0.25) is 0 Å². The second-order valence-electron chi connectivity index (χ2n) is 4.91. The number of fused-ring (bicyclic) bond motifs is 1. The van der Waals surface area contributed by atoms with Gasteiger partial charge < -0.3 is 4.98 Å². The first-order valence-corrected chi connectivity index (χ1v) is 7.51. The van der Waals surface area contributed by atoms with Crippen LogP contribution in [0.2, 0.25) is 0 Å². The normalized spacial score (nSPS) is 11.4. The summed E-state index contributed by atoms with van der Waals surface area (Å²) >= 11 is 3.43. The summed E-state index contributed by atoms with van der Waals surface area (Å²) in [5.41, 5.74) is 2.66. The van der Waals surface area contributed by atoms with Crippen molar-refractivity contribution in [3.05, 3.63) is 74.4 Å². The van der Waals surface area contributed by atoms with E-state index in [0.29, 0.717) is 11.1 Å². The fourth-order valence-electron chi connectivity index (χ4n) is 2.36. The van der Waals surface area contributed by atoms with Crippen molar-refractivity contribution >= 4 is 44.2 Å². The van der Waals surface area contributed by atoms with E-state index in [0.717, 1.165) is 20.9 Å². The highest BCUT2D eigenvalue weighted by atomic mass is 79.9. The number of nitro groups is 1. The minimum Gasteiger partial charge on any atom is -0.361 e. The maximum atomic E-state index is 10.9. The van der Waals surface area contributed by atoms with Gasteiger partial charge in [0.15, 0.2) is 0 Å². The van der Waals surface area contributed by atoms with E-state index in [-0.39, 0.29) is 5.69 Å². The summed E-state index contributed by atoms with van der Waals surface area (Å²) in [5.74, 6) is 0. The maximum absolute atomic E-state index is 10.9. The zero-order valence-electron chi connectivity index (χ0n) is 11.8. The summed E-state index contributed by atoms with van der Waals surface area (Å²) in [6, 6.07) is 14.0. The SMILES string of the molecule is N#CC(=Cc1c[nH]c2ccc(Br)cc12)c1cccc([N+](=O)[O-])c1. The third kappa shape index (κ3) is 3.00. The summed E-state index contributed by atoms with van der Waals surface area (Å²) in [7, 11) is 0. The van der Waals surface area contributed by atoms with Gasteiger partial charge in [0, 0.05) is 39.3 Å². The van der Waals surface area contributed by atoms with E-state index >= 15 is 0 Å². The van der Waals surface area contributed by atoms with Crippen LogP contribution in [0.25, 0.3) is 22.6 Å². The number of aromatic amines is 1. The molecule has 0 saturated carbocycles. The Balaban J connectivity index is 2.11. The molecule has 1 aromatic heterocycles. The second kappa shape index (κ2) is 6.07. The number of benzene rings is 2. The molecule has 1 N–H and O–H groups in total. The molecule has 112 valence electrons. The molecule has 0 unspecified atom stereocenters. The monoisotopic (exact) mass is 367 g/mol. The van der Waals surface area contributed by atoms with Crippen molar-refractivity contribution in [2.75, 3.05) is 0 Å². The van der Waals surface area contributed by atoms with E-state index in [2.05, 4.69) is 27.0 Å². The molecule has 0 saturated heterocycles. The molecule has 1 heterocycles. The van der Waals surface area contributed by atoms with Gasteiger partial charge >= 0.3 is 0 Å². The average molecular weight is 368 g/mol. The summed E-state index contributed by atoms with van der Waals surface area (Å²) < 4.78 is 0.938. The van der Waals surface area contributed by atoms with E-state index < -0.39 is 4.92 Å². The number of hydrogen-bond acceptors (Lipinski definition) is 3. The van der Waals surface area contributed by atoms with Gasteiger partial charge in [0.25, 0.3) is 5.69 Å². The van der Waals surface area contributed by atoms with Crippen molar-refractivity contribution in [2.24, 2.45) is 0 Å². The van der Waals surface area contributed by atoms with Crippen LogP contribution in [0.4, 0.5) is 5.69 Å². The molecule has 0 amide bonds. The minimum atomic E-state index is -0.471. The van der Waals surface area contributed by atoms with Gasteiger partial charge in [0.05, 0.1) is 16.6 Å². The molecule has 0 aliphatic carbocycles. The van der Waals surface area contributed by atoms with Crippen molar-refractivity contribution in [2.45, 2.75) is 0 Å². The van der Waals surface area contributed by atoms with Gasteiger partial charge in [-0.25, -0.2) is 0 Å². The summed E-state index contributed by atoms with van der Waals surface area (Å²) in [5, 5.41) is 21.3. The van der Waals surface area contributed by atoms with Crippen LogP contribution in [0, 0.1) is 21.4 Å². The van der Waals surface area contributed by atoms with Crippen LogP contribution in [-0.2, 0) is 0 Å². The molecule has 23 heavy (non-hydrogen) atoms. The van der Waals surface area contributed by atoms with Crippen molar-refractivity contribution in [1.29, 1.82) is 5.26 Å². The van der Waals surface area contributed by atoms with Crippen LogP contribution >= 0.6 is 15.9 Å². The smallest absolute Gasteiger partial charge is 0.270 e. The lowest BCUT2D eigenvalue weighted by Gasteiger charge is -2.00. The molecule has 0 atom stereocenters. The predicted octanol–water partition coefficient (Wildman–Crippen LogP) is 4.90. The van der Waals surface area contributed by atoms with E-state index in [1.165, 1.54) is 12.1 Å². The third-order valence-electron chi connectivity index (χ3n) is 3.46. The standard InChI is InChI=1S/C17H10BrN3O2/c18-14-4-5-17-16(8-14)13(10-20-17)6-12(9-19)11-2-1-3-15(7-11)21(22)23/h1-8,10,20H. The van der Waals surface area contributed by atoms with Crippen LogP contribution in [-0.4, -0.2) is 9.91 Å². The Hall–Kier alpha value is -2.91. The Morgan fingerprint density at radius 3 is 2.87 bits per heavy atom. The maximum Gasteiger partial charge on any atom is 0.270 e. The molecule has 5 nitrogen and oxygen atoms in total. The molecule has 0 spiro atoms. The van der Waals surface area contributed by atoms with Gasteiger partial charge in [-0.15, -0.1) is 0 Å². The highest BCUT2D eigenvalue weighted by molar-refractivity contribution is 9.10. The van der Waals surface area contributed by atoms with E-state index in [9.17, 15) is 15.4 Å². The average Bonchev–Trinajstić information content (AvgIpc) is 2.94. The lowest BCUT2D eigenvalue weighted by molar-refractivity contribution is -0.384. The number of hydrogen-bond donors (Lipinski definition) is 1. The molecule has 0 aliphatic rings. The van der Waals surface area contributed by atoms with Gasteiger partial charge in [0.1, 0.15) is 0 Å². The van der Waals surface area contributed by atoms with Gasteiger partial charge in [-0.05, 0) is 29.8 Å². The van der Waals surface area contributed by atoms with Crippen molar-refractivity contribution < 1.29 is 4.92 Å². The topological polar surface area (TPSA) is 82.7 Å². The lowest BCUT2D eigenvalue weighted by Crippen LogP contribution is -1.89. The highest BCUT2D eigenvalue weighted by Gasteiger charge is 2.10. The number of halogens is 1. The first kappa shape index (κ1) is 15.0. The molecule has 2 aromatic carbocycles. The Kier molecular flexibility index (Phi) is 3.96. The van der Waals surface area contributed by atoms with Gasteiger partial charge in [-0.3, -0.25) is 10.1 Å². The number of allylic oxidation sites excluding steroid dienone is 1. The zero-order chi connectivity index (χ0) is 16.4. The Labute approximate surface area is 140 Å². The molecular weight excluding hydrogens is 358 g/mol. The van der Waals surface area contributed by atoms with Crippen molar-refractivity contribution in [3.63, 3.8) is 0 Å². The van der Waals surface area contributed by atoms with E-state index in [1.807, 2.05) is 24.4 Å². The number of nitro benzene ring substituents is 1. The third-order valence-corrected chi connectivity index (χ3v) is 3.96. The largest absolute Gasteiger partial charge is 0.361 e. The Morgan fingerprint density at radius 2 is 2.13 bits per heavy atom. The van der Waals surface area contributed by atoms with Gasteiger partial charge in [-0.1, -0.05) is 28.1 Å². The quantitative estimate of drug-likeness (QED) is 0.405. The number of nitrogens with zero attached hydrogens (tertiary/aromatic N) is 2. The first-order chi connectivity index (χ1) is 11.1. The van der Waals surface area contributed by atoms with Crippen LogP contribution in [0.3, 0.4) is 0 Å². The zero-order valence-corrected chi connectivity index (χ0v) is 13.4. The number of aromatic nitrogens is 1. The highest BCUT2D eigenvalue weighted by Crippen LogP contribution is 2.27. The Bertz CT molecular complexity index is 983. The fraction of sp³-hybridized carbons (Fsp3) is 0. The molecule has 3 aromatic rings. The number of rotatable bonds is 3. The molecule has 6 heteroatoms. The van der Waals surface area contributed by atoms with Crippen LogP contribution < -0.4 is 0 Å². The lowest BCUT2D eigenvalue weighted by atomic mass is 10.0. The number of nitrogens with one attached hydrogen (secondary N) is 1. The van der Waals surface area contributed by atoms with E-state index in [4.69, 9.17) is 0 Å². The van der Waals surface area contributed by atoms with Gasteiger partial charge in [-0.2, -0.15) is 5.26 Å². The van der Waals surface area contributed by atoms with Crippen molar-refractivity contribution in [1.82, 2.24) is 4.98 Å². The molecule has 0 fully saturated rings. The summed E-state index contributed by atoms with van der Waals surface area (Å²) in [4.78, 5) is 13.6. The second-order valence-corrected chi connectivity index (χ2v) is 5.83. The minimum absolute atomic E-state index is 0.0367. The van der Waals surface area contributed by atoms with Crippen LogP contribution in [0.15, 0.2) is 53.1 Å². The van der Waals surface area contributed by atoms with Crippen molar-refractivity contribution in [3.8, 4) is 6.07 Å². The molecule has 0 radical (unpaired) electrons.